The van der Waals surface area contributed by atoms with Crippen LogP contribution in [-0.2, 0) is 38.0 Å². The molecule has 4 aromatic rings. The van der Waals surface area contributed by atoms with E-state index < -0.39 is 36.1 Å². The van der Waals surface area contributed by atoms with Gasteiger partial charge in [0.25, 0.3) is 0 Å². The van der Waals surface area contributed by atoms with Crippen LogP contribution in [0.2, 0.25) is 0 Å². The van der Waals surface area contributed by atoms with Crippen LogP contribution in [-0.4, -0.2) is 147 Å². The molecule has 2 aromatic heterocycles. The molecule has 4 aliphatic rings. The van der Waals surface area contributed by atoms with Crippen molar-refractivity contribution in [3.8, 4) is 33.6 Å². The van der Waals surface area contributed by atoms with Crippen LogP contribution in [0, 0.1) is 23.7 Å². The Hall–Kier alpha value is -6.08. The van der Waals surface area contributed by atoms with E-state index in [9.17, 15) is 19.2 Å². The number of nitrogens with one attached hydrogen (secondary N) is 4. The molecule has 2 aliphatic carbocycles. The lowest BCUT2D eigenvalue weighted by Gasteiger charge is -2.35. The van der Waals surface area contributed by atoms with Gasteiger partial charge in [-0.15, -0.1) is 0 Å². The van der Waals surface area contributed by atoms with Crippen molar-refractivity contribution in [2.75, 3.05) is 69.1 Å². The van der Waals surface area contributed by atoms with Crippen molar-refractivity contribution in [2.24, 2.45) is 23.7 Å². The largest absolute Gasteiger partial charge is 0.453 e. The predicted molar refractivity (Wildman–Crippen MR) is 242 cm³/mol. The molecule has 4 N–H and O–H groups in total. The van der Waals surface area contributed by atoms with Crippen LogP contribution in [0.25, 0.3) is 33.6 Å². The highest BCUT2D eigenvalue weighted by Gasteiger charge is 2.57. The third-order valence-corrected chi connectivity index (χ3v) is 13.5. The van der Waals surface area contributed by atoms with Crippen molar-refractivity contribution in [3.05, 3.63) is 84.7 Å². The van der Waals surface area contributed by atoms with E-state index >= 15 is 0 Å². The standard InChI is InChI=1S/C48H60N8O10/c1-61-23-33(24-62-2)41(53-47(59)65-5)45(57)55-37-9-7-8-31(37)18-39(55)43-49-21-35(51-43)29-14-10-27(11-15-29)28-12-16-30(17-13-28)36-22-50-44(52-36)40-20-32-19-38(32)56(40)46(58)42(54-48(60)66-6)34(25-63-3)26-64-4/h7-8,10-17,21-22,31-34,37-42H,9,18-20,23-26H2,1-6H3,(H,49,51)(H,50,52)(H,53,59)(H,54,60). The lowest BCUT2D eigenvalue weighted by Crippen LogP contribution is -2.55. The number of methoxy groups -OCH3 is 6. The topological polar surface area (TPSA) is 212 Å². The van der Waals surface area contributed by atoms with Gasteiger partial charge in [0.1, 0.15) is 23.7 Å². The van der Waals surface area contributed by atoms with E-state index in [0.29, 0.717) is 30.4 Å². The summed E-state index contributed by atoms with van der Waals surface area (Å²) >= 11 is 0. The number of benzene rings is 2. The number of imidazole rings is 2. The lowest BCUT2D eigenvalue weighted by molar-refractivity contribution is -0.139. The first-order chi connectivity index (χ1) is 32.1. The van der Waals surface area contributed by atoms with E-state index in [2.05, 4.69) is 57.0 Å². The Morgan fingerprint density at radius 2 is 1.03 bits per heavy atom. The van der Waals surface area contributed by atoms with Crippen LogP contribution < -0.4 is 10.6 Å². The molecule has 8 unspecified atom stereocenters. The molecule has 0 radical (unpaired) electrons. The molecule has 2 saturated heterocycles. The average Bonchev–Trinajstić information content (AvgIpc) is 3.97. The maximum absolute atomic E-state index is 14.5. The molecule has 8 rings (SSSR count). The zero-order valence-electron chi connectivity index (χ0n) is 38.2. The monoisotopic (exact) mass is 908 g/mol. The van der Waals surface area contributed by atoms with Gasteiger partial charge < -0.3 is 58.8 Å². The van der Waals surface area contributed by atoms with Crippen LogP contribution in [0.1, 0.15) is 49.4 Å². The molecular weight excluding hydrogens is 849 g/mol. The molecule has 3 fully saturated rings. The summed E-state index contributed by atoms with van der Waals surface area (Å²) in [7, 11) is 8.76. The lowest BCUT2D eigenvalue weighted by atomic mass is 9.98. The van der Waals surface area contributed by atoms with E-state index in [4.69, 9.17) is 38.4 Å². The van der Waals surface area contributed by atoms with Gasteiger partial charge in [-0.05, 0) is 59.8 Å². The van der Waals surface area contributed by atoms with Gasteiger partial charge in [0.05, 0.1) is 76.5 Å². The van der Waals surface area contributed by atoms with Gasteiger partial charge in [-0.2, -0.15) is 0 Å². The van der Waals surface area contributed by atoms with Crippen molar-refractivity contribution in [3.63, 3.8) is 0 Å². The van der Waals surface area contributed by atoms with Crippen molar-refractivity contribution in [2.45, 2.75) is 61.9 Å². The fourth-order valence-electron chi connectivity index (χ4n) is 10.2. The number of aromatic amines is 2. The normalized spacial score (nSPS) is 22.6. The number of nitrogens with zero attached hydrogens (tertiary/aromatic N) is 4. The number of carbonyl (C=O) groups excluding carboxylic acids is 4. The van der Waals surface area contributed by atoms with Crippen LogP contribution in [0.4, 0.5) is 9.59 Å². The molecule has 18 heteroatoms. The van der Waals surface area contributed by atoms with E-state index in [1.807, 2.05) is 34.1 Å². The Labute approximate surface area is 384 Å². The number of carbonyl (C=O) groups is 4. The van der Waals surface area contributed by atoms with E-state index in [-0.39, 0.29) is 68.3 Å². The van der Waals surface area contributed by atoms with E-state index in [1.54, 1.807) is 40.8 Å². The Balaban J connectivity index is 0.954. The summed E-state index contributed by atoms with van der Waals surface area (Å²) in [6.45, 7) is 0.838. The number of hydrogen-bond donors (Lipinski definition) is 4. The van der Waals surface area contributed by atoms with Crippen molar-refractivity contribution in [1.29, 1.82) is 0 Å². The van der Waals surface area contributed by atoms with Crippen molar-refractivity contribution in [1.82, 2.24) is 40.4 Å². The molecule has 4 amide bonds. The highest BCUT2D eigenvalue weighted by molar-refractivity contribution is 5.88. The molecule has 2 aliphatic heterocycles. The molecule has 4 heterocycles. The quantitative estimate of drug-likeness (QED) is 0.0886. The Morgan fingerprint density at radius 1 is 0.606 bits per heavy atom. The van der Waals surface area contributed by atoms with Gasteiger partial charge in [-0.1, -0.05) is 60.7 Å². The highest BCUT2D eigenvalue weighted by Crippen LogP contribution is 2.53. The Morgan fingerprint density at radius 3 is 1.47 bits per heavy atom. The van der Waals surface area contributed by atoms with Gasteiger partial charge in [0.15, 0.2) is 0 Å². The van der Waals surface area contributed by atoms with Gasteiger partial charge in [0, 0.05) is 52.4 Å². The van der Waals surface area contributed by atoms with Gasteiger partial charge >= 0.3 is 12.2 Å². The molecule has 0 spiro atoms. The predicted octanol–water partition coefficient (Wildman–Crippen LogP) is 5.28. The minimum absolute atomic E-state index is 0.0685. The SMILES string of the molecule is COCC(COC)C(NC(=O)OC)C(=O)N1C(c2ncc(-c3ccc(-c4ccc(-c5cnc(C6CC7CC7N6C(=O)C(NC(=O)OC)C(COC)COC)[nH]5)cc4)cc3)[nH]2)CC2C=CCC21. The number of ether oxygens (including phenoxy) is 6. The number of likely N-dealkylation sites (tertiary alicyclic amines) is 2. The second-order valence-corrected chi connectivity index (χ2v) is 17.5. The van der Waals surface area contributed by atoms with Crippen LogP contribution in [0.3, 0.4) is 0 Å². The van der Waals surface area contributed by atoms with E-state index in [1.165, 1.54) is 14.2 Å². The smallest absolute Gasteiger partial charge is 0.407 e. The maximum atomic E-state index is 14.5. The van der Waals surface area contributed by atoms with Crippen molar-refractivity contribution >= 4 is 24.0 Å². The number of fused-ring (bicyclic) bond motifs is 2. The zero-order chi connectivity index (χ0) is 46.5. The zero-order valence-corrected chi connectivity index (χ0v) is 38.2. The number of rotatable bonds is 19. The summed E-state index contributed by atoms with van der Waals surface area (Å²) in [4.78, 5) is 74.0. The summed E-state index contributed by atoms with van der Waals surface area (Å²) in [5.74, 6) is 0.596. The Bertz CT molecular complexity index is 2340. The number of alkyl carbamates (subject to hydrolysis) is 2. The first-order valence-electron chi connectivity index (χ1n) is 22.4. The van der Waals surface area contributed by atoms with Gasteiger partial charge in [0.2, 0.25) is 11.8 Å². The maximum Gasteiger partial charge on any atom is 0.407 e. The molecule has 2 aromatic carbocycles. The first-order valence-corrected chi connectivity index (χ1v) is 22.4. The van der Waals surface area contributed by atoms with Crippen LogP contribution in [0.15, 0.2) is 73.1 Å². The third kappa shape index (κ3) is 9.59. The molecule has 18 nitrogen and oxygen atoms in total. The fraction of sp³-hybridized carbons (Fsp3) is 0.500. The second-order valence-electron chi connectivity index (χ2n) is 17.5. The Kier molecular flexibility index (Phi) is 14.5. The summed E-state index contributed by atoms with van der Waals surface area (Å²) in [6, 6.07) is 14.0. The molecule has 0 bridgehead atoms. The molecule has 66 heavy (non-hydrogen) atoms. The minimum atomic E-state index is -0.933. The summed E-state index contributed by atoms with van der Waals surface area (Å²) in [5, 5.41) is 5.51. The van der Waals surface area contributed by atoms with Crippen LogP contribution >= 0.6 is 0 Å². The molecule has 8 atom stereocenters. The second kappa shape index (κ2) is 20.6. The summed E-state index contributed by atoms with van der Waals surface area (Å²) in [6.07, 6.45) is 9.58. The number of hydrogen-bond acceptors (Lipinski definition) is 12. The molecule has 1 saturated carbocycles. The van der Waals surface area contributed by atoms with Crippen LogP contribution in [0.5, 0.6) is 0 Å². The number of aromatic nitrogens is 4. The third-order valence-electron chi connectivity index (χ3n) is 13.5. The summed E-state index contributed by atoms with van der Waals surface area (Å²) < 4.78 is 31.4. The van der Waals surface area contributed by atoms with E-state index in [0.717, 1.165) is 46.5 Å². The van der Waals surface area contributed by atoms with Gasteiger partial charge in [-0.25, -0.2) is 19.6 Å². The summed E-state index contributed by atoms with van der Waals surface area (Å²) in [5.41, 5.74) is 5.61. The van der Waals surface area contributed by atoms with Gasteiger partial charge in [-0.3, -0.25) is 9.59 Å². The number of piperidine rings is 1. The minimum Gasteiger partial charge on any atom is -0.453 e. The van der Waals surface area contributed by atoms with Crippen molar-refractivity contribution < 1.29 is 47.6 Å². The molecule has 352 valence electrons. The number of H-pyrrole nitrogens is 2. The molecular formula is C48H60N8O10. The first kappa shape index (κ1) is 46.4. The number of amides is 4. The fourth-order valence-corrected chi connectivity index (χ4v) is 10.2. The highest BCUT2D eigenvalue weighted by atomic mass is 16.5. The average molecular weight is 909 g/mol.